The Kier molecular flexibility index (Phi) is 5.60. The fourth-order valence-electron chi connectivity index (χ4n) is 1.35. The van der Waals surface area contributed by atoms with E-state index in [2.05, 4.69) is 0 Å². The van der Waals surface area contributed by atoms with E-state index >= 15 is 0 Å². The van der Waals surface area contributed by atoms with E-state index in [0.29, 0.717) is 4.31 Å². The molecule has 0 saturated carbocycles. The predicted octanol–water partition coefficient (Wildman–Crippen LogP) is 1.64. The van der Waals surface area contributed by atoms with Crippen LogP contribution in [0.2, 0.25) is 5.02 Å². The van der Waals surface area contributed by atoms with Crippen molar-refractivity contribution in [3.8, 4) is 0 Å². The Hall–Kier alpha value is -1.32. The number of halogens is 4. The number of hydrogen-bond acceptors (Lipinski definition) is 3. The maximum atomic E-state index is 12.1. The number of carbonyl (C=O) groups is 1. The van der Waals surface area contributed by atoms with E-state index in [1.807, 2.05) is 0 Å². The third-order valence-electron chi connectivity index (χ3n) is 2.36. The molecule has 1 rings (SSSR count). The monoisotopic (exact) mass is 344 g/mol. The Morgan fingerprint density at radius 2 is 2.00 bits per heavy atom. The van der Waals surface area contributed by atoms with Crippen molar-refractivity contribution in [3.63, 3.8) is 0 Å². The molecule has 0 aliphatic heterocycles. The summed E-state index contributed by atoms with van der Waals surface area (Å²) in [4.78, 5) is 11.2. The number of amides is 1. The fraction of sp³-hybridized carbons (Fsp3) is 0.364. The molecule has 5 nitrogen and oxygen atoms in total. The normalized spacial score (nSPS) is 12.5. The van der Waals surface area contributed by atoms with Gasteiger partial charge >= 0.3 is 6.18 Å². The second-order valence-electron chi connectivity index (χ2n) is 4.11. The van der Waals surface area contributed by atoms with Gasteiger partial charge in [0.15, 0.2) is 0 Å². The Bertz CT molecular complexity index is 619. The second-order valence-corrected chi connectivity index (χ2v) is 6.59. The van der Waals surface area contributed by atoms with Crippen molar-refractivity contribution in [2.75, 3.05) is 20.1 Å². The third-order valence-corrected chi connectivity index (χ3v) is 4.39. The van der Waals surface area contributed by atoms with Crippen LogP contribution in [0.25, 0.3) is 0 Å². The molecule has 10 heteroatoms. The van der Waals surface area contributed by atoms with E-state index in [0.717, 1.165) is 7.05 Å². The molecule has 0 spiro atoms. The van der Waals surface area contributed by atoms with Gasteiger partial charge in [0.05, 0.1) is 11.4 Å². The number of carbonyl (C=O) groups excluding carboxylic acids is 1. The van der Waals surface area contributed by atoms with Gasteiger partial charge in [-0.05, 0) is 18.2 Å². The fourth-order valence-corrected chi connectivity index (χ4v) is 2.78. The minimum absolute atomic E-state index is 0.152. The summed E-state index contributed by atoms with van der Waals surface area (Å²) in [6, 6.07) is 5.33. The lowest BCUT2D eigenvalue weighted by Crippen LogP contribution is -2.41. The molecule has 0 unspecified atom stereocenters. The number of alkyl halides is 3. The molecule has 1 amide bonds. The Balaban J connectivity index is 2.74. The molecule has 21 heavy (non-hydrogen) atoms. The van der Waals surface area contributed by atoms with Crippen molar-refractivity contribution in [2.24, 2.45) is 0 Å². The van der Waals surface area contributed by atoms with Crippen molar-refractivity contribution in [2.45, 2.75) is 11.1 Å². The first-order valence-corrected chi connectivity index (χ1v) is 7.39. The van der Waals surface area contributed by atoms with E-state index in [1.165, 1.54) is 24.3 Å². The summed E-state index contributed by atoms with van der Waals surface area (Å²) in [6.45, 7) is -2.25. The van der Waals surface area contributed by atoms with E-state index in [4.69, 9.17) is 11.6 Å². The number of likely N-dealkylation sites (N-methyl/N-ethyl adjacent to an activating group) is 1. The summed E-state index contributed by atoms with van der Waals surface area (Å²) >= 11 is 5.67. The summed E-state index contributed by atoms with van der Waals surface area (Å²) in [6.07, 6.45) is -4.56. The molecule has 118 valence electrons. The van der Waals surface area contributed by atoms with E-state index in [9.17, 15) is 26.4 Å². The summed E-state index contributed by atoms with van der Waals surface area (Å²) in [5, 5.41) is 1.78. The highest BCUT2D eigenvalue weighted by atomic mass is 35.5. The Morgan fingerprint density at radius 1 is 1.38 bits per heavy atom. The molecule has 0 atom stereocenters. The van der Waals surface area contributed by atoms with Crippen LogP contribution in [0.3, 0.4) is 0 Å². The zero-order valence-corrected chi connectivity index (χ0v) is 12.4. The van der Waals surface area contributed by atoms with Gasteiger partial charge < -0.3 is 5.32 Å². The van der Waals surface area contributed by atoms with E-state index in [1.54, 1.807) is 5.32 Å². The maximum Gasteiger partial charge on any atom is 0.405 e. The summed E-state index contributed by atoms with van der Waals surface area (Å²) in [7, 11) is -2.92. The van der Waals surface area contributed by atoms with Crippen LogP contribution in [-0.2, 0) is 14.8 Å². The number of hydrogen-bond donors (Lipinski definition) is 1. The second kappa shape index (κ2) is 6.63. The van der Waals surface area contributed by atoms with Gasteiger partial charge in [-0.25, -0.2) is 8.42 Å². The Labute approximate surface area is 124 Å². The van der Waals surface area contributed by atoms with Gasteiger partial charge in [0.2, 0.25) is 15.9 Å². The number of benzene rings is 1. The molecule has 0 saturated heterocycles. The first-order valence-electron chi connectivity index (χ1n) is 5.58. The lowest BCUT2D eigenvalue weighted by molar-refractivity contribution is -0.138. The molecule has 1 N–H and O–H groups in total. The molecule has 1 aromatic carbocycles. The molecule has 0 radical (unpaired) electrons. The molecule has 0 bridgehead atoms. The van der Waals surface area contributed by atoms with Gasteiger partial charge in [-0.1, -0.05) is 17.7 Å². The lowest BCUT2D eigenvalue weighted by Gasteiger charge is -2.17. The van der Waals surface area contributed by atoms with Gasteiger partial charge in [-0.2, -0.15) is 17.5 Å². The number of nitrogens with one attached hydrogen (secondary N) is 1. The van der Waals surface area contributed by atoms with Crippen molar-refractivity contribution < 1.29 is 26.4 Å². The summed E-state index contributed by atoms with van der Waals surface area (Å²) < 4.78 is 60.6. The van der Waals surface area contributed by atoms with Gasteiger partial charge in [0.1, 0.15) is 6.54 Å². The standard InChI is InChI=1S/C11H12ClF3N2O3S/c1-17(6-10(18)16-7-11(13,14)15)21(19,20)9-4-2-3-8(12)5-9/h2-5H,6-7H2,1H3,(H,16,18). The van der Waals surface area contributed by atoms with Crippen LogP contribution < -0.4 is 5.32 Å². The van der Waals surface area contributed by atoms with Crippen LogP contribution in [0.15, 0.2) is 29.2 Å². The molecule has 0 aliphatic carbocycles. The van der Waals surface area contributed by atoms with Gasteiger partial charge in [-0.3, -0.25) is 4.79 Å². The lowest BCUT2D eigenvalue weighted by atomic mass is 10.4. The maximum absolute atomic E-state index is 12.1. The first kappa shape index (κ1) is 17.7. The molecular weight excluding hydrogens is 333 g/mol. The predicted molar refractivity (Wildman–Crippen MR) is 70.3 cm³/mol. The topological polar surface area (TPSA) is 66.5 Å². The molecule has 1 aromatic rings. The van der Waals surface area contributed by atoms with Crippen LogP contribution in [0, 0.1) is 0 Å². The highest BCUT2D eigenvalue weighted by Crippen LogP contribution is 2.18. The summed E-state index contributed by atoms with van der Waals surface area (Å²) in [5.74, 6) is -1.06. The number of rotatable bonds is 5. The first-order chi connectivity index (χ1) is 9.52. The van der Waals surface area contributed by atoms with Crippen LogP contribution in [0.4, 0.5) is 13.2 Å². The molecule has 0 aromatic heterocycles. The van der Waals surface area contributed by atoms with E-state index in [-0.39, 0.29) is 9.92 Å². The average molecular weight is 345 g/mol. The van der Waals surface area contributed by atoms with Crippen molar-refractivity contribution >= 4 is 27.5 Å². The van der Waals surface area contributed by atoms with Crippen molar-refractivity contribution in [3.05, 3.63) is 29.3 Å². The minimum atomic E-state index is -4.56. The zero-order valence-electron chi connectivity index (χ0n) is 10.8. The molecule has 0 fully saturated rings. The zero-order chi connectivity index (χ0) is 16.3. The molecule has 0 aliphatic rings. The van der Waals surface area contributed by atoms with Crippen molar-refractivity contribution in [1.29, 1.82) is 0 Å². The number of sulfonamides is 1. The minimum Gasteiger partial charge on any atom is -0.346 e. The van der Waals surface area contributed by atoms with Crippen LogP contribution in [0.1, 0.15) is 0 Å². The van der Waals surface area contributed by atoms with Gasteiger partial charge in [0.25, 0.3) is 0 Å². The van der Waals surface area contributed by atoms with Gasteiger partial charge in [0, 0.05) is 12.1 Å². The van der Waals surface area contributed by atoms with E-state index < -0.39 is 35.2 Å². The molecule has 0 heterocycles. The van der Waals surface area contributed by atoms with Crippen LogP contribution in [-0.4, -0.2) is 44.9 Å². The highest BCUT2D eigenvalue weighted by molar-refractivity contribution is 7.89. The van der Waals surface area contributed by atoms with Gasteiger partial charge in [-0.15, -0.1) is 0 Å². The number of nitrogens with zero attached hydrogens (tertiary/aromatic N) is 1. The van der Waals surface area contributed by atoms with Crippen LogP contribution >= 0.6 is 11.6 Å². The average Bonchev–Trinajstić information content (AvgIpc) is 2.35. The highest BCUT2D eigenvalue weighted by Gasteiger charge is 2.29. The Morgan fingerprint density at radius 3 is 2.52 bits per heavy atom. The summed E-state index contributed by atoms with van der Waals surface area (Å²) in [5.41, 5.74) is 0. The SMILES string of the molecule is CN(CC(=O)NCC(F)(F)F)S(=O)(=O)c1cccc(Cl)c1. The van der Waals surface area contributed by atoms with Crippen LogP contribution in [0.5, 0.6) is 0 Å². The van der Waals surface area contributed by atoms with Crippen molar-refractivity contribution in [1.82, 2.24) is 9.62 Å². The third kappa shape index (κ3) is 5.52. The smallest absolute Gasteiger partial charge is 0.346 e. The molecular formula is C11H12ClF3N2O3S. The largest absolute Gasteiger partial charge is 0.405 e. The quantitative estimate of drug-likeness (QED) is 0.883.